The Balaban J connectivity index is 1.88. The van der Waals surface area contributed by atoms with Gasteiger partial charge in [-0.15, -0.1) is 0 Å². The van der Waals surface area contributed by atoms with Crippen LogP contribution in [0.4, 0.5) is 0 Å². The molecular weight excluding hydrogens is 318 g/mol. The first-order valence-electron chi connectivity index (χ1n) is 8.24. The van der Waals surface area contributed by atoms with Crippen molar-refractivity contribution in [1.82, 2.24) is 5.32 Å². The van der Waals surface area contributed by atoms with E-state index in [9.17, 15) is 4.79 Å². The van der Waals surface area contributed by atoms with E-state index in [1.54, 1.807) is 32.4 Å². The molecule has 2 aromatic rings. The van der Waals surface area contributed by atoms with Crippen LogP contribution < -0.4 is 19.5 Å². The lowest BCUT2D eigenvalue weighted by Crippen LogP contribution is -2.41. The summed E-state index contributed by atoms with van der Waals surface area (Å²) in [5.74, 6) is 1.80. The van der Waals surface area contributed by atoms with Gasteiger partial charge in [0, 0.05) is 23.6 Å². The van der Waals surface area contributed by atoms with Crippen LogP contribution in [0, 0.1) is 0 Å². The van der Waals surface area contributed by atoms with Crippen LogP contribution in [0.5, 0.6) is 17.2 Å². The van der Waals surface area contributed by atoms with Crippen molar-refractivity contribution in [3.05, 3.63) is 53.6 Å². The number of carbonyl (C=O) groups excluding carboxylic acids is 1. The molecule has 0 saturated heterocycles. The Hall–Kier alpha value is -2.69. The highest BCUT2D eigenvalue weighted by molar-refractivity contribution is 5.95. The van der Waals surface area contributed by atoms with E-state index in [0.29, 0.717) is 23.5 Å². The minimum absolute atomic E-state index is 0.121. The van der Waals surface area contributed by atoms with Crippen molar-refractivity contribution in [1.29, 1.82) is 0 Å². The van der Waals surface area contributed by atoms with E-state index in [-0.39, 0.29) is 17.6 Å². The summed E-state index contributed by atoms with van der Waals surface area (Å²) in [6.07, 6.45) is 0.691. The average molecular weight is 341 g/mol. The highest BCUT2D eigenvalue weighted by Gasteiger charge is 2.34. The number of ether oxygens (including phenoxy) is 3. The summed E-state index contributed by atoms with van der Waals surface area (Å²) in [6, 6.07) is 12.8. The van der Waals surface area contributed by atoms with Gasteiger partial charge in [-0.25, -0.2) is 0 Å². The third-order valence-electron chi connectivity index (χ3n) is 4.30. The third kappa shape index (κ3) is 3.71. The molecule has 0 bridgehead atoms. The molecule has 0 spiro atoms. The topological polar surface area (TPSA) is 56.8 Å². The summed E-state index contributed by atoms with van der Waals surface area (Å²) < 4.78 is 16.5. The molecule has 0 aromatic heterocycles. The molecule has 1 heterocycles. The molecule has 5 heteroatoms. The first-order valence-corrected chi connectivity index (χ1v) is 8.24. The summed E-state index contributed by atoms with van der Waals surface area (Å²) in [4.78, 5) is 12.8. The highest BCUT2D eigenvalue weighted by atomic mass is 16.5. The number of methoxy groups -OCH3 is 2. The van der Waals surface area contributed by atoms with Crippen LogP contribution in [0.2, 0.25) is 0 Å². The molecule has 5 nitrogen and oxygen atoms in total. The molecule has 132 valence electrons. The predicted octanol–water partition coefficient (Wildman–Crippen LogP) is 3.74. The van der Waals surface area contributed by atoms with E-state index < -0.39 is 0 Å². The number of hydrogen-bond donors (Lipinski definition) is 1. The lowest BCUT2D eigenvalue weighted by atomic mass is 9.89. The Labute approximate surface area is 147 Å². The quantitative estimate of drug-likeness (QED) is 0.920. The standard InChI is InChI=1S/C20H23NO4/c1-20(2)12-17(16-7-5-6-8-18(16)25-20)21-19(22)13-9-14(23-3)11-15(10-13)24-4/h5-11,17H,12H2,1-4H3,(H,21,22). The fourth-order valence-corrected chi connectivity index (χ4v) is 3.11. The Morgan fingerprint density at radius 1 is 1.12 bits per heavy atom. The summed E-state index contributed by atoms with van der Waals surface area (Å²) in [6.45, 7) is 4.05. The fraction of sp³-hybridized carbons (Fsp3) is 0.350. The molecule has 3 rings (SSSR count). The summed E-state index contributed by atoms with van der Waals surface area (Å²) in [7, 11) is 3.13. The molecule has 1 aliphatic heterocycles. The number of para-hydroxylation sites is 1. The molecule has 0 radical (unpaired) electrons. The first kappa shape index (κ1) is 17.1. The number of amides is 1. The summed E-state index contributed by atoms with van der Waals surface area (Å²) in [5.41, 5.74) is 1.14. The van der Waals surface area contributed by atoms with E-state index in [2.05, 4.69) is 5.32 Å². The van der Waals surface area contributed by atoms with Gasteiger partial charge in [0.05, 0.1) is 20.3 Å². The number of benzene rings is 2. The van der Waals surface area contributed by atoms with E-state index in [1.165, 1.54) is 0 Å². The van der Waals surface area contributed by atoms with E-state index in [0.717, 1.165) is 11.3 Å². The zero-order valence-corrected chi connectivity index (χ0v) is 15.0. The second-order valence-electron chi connectivity index (χ2n) is 6.73. The van der Waals surface area contributed by atoms with Gasteiger partial charge in [-0.05, 0) is 32.0 Å². The Kier molecular flexibility index (Phi) is 4.57. The van der Waals surface area contributed by atoms with Crippen molar-refractivity contribution in [3.8, 4) is 17.2 Å². The Morgan fingerprint density at radius 3 is 2.40 bits per heavy atom. The van der Waals surface area contributed by atoms with Gasteiger partial charge in [0.15, 0.2) is 0 Å². The SMILES string of the molecule is COc1cc(OC)cc(C(=O)NC2CC(C)(C)Oc3ccccc32)c1. The van der Waals surface area contributed by atoms with Crippen LogP contribution in [0.3, 0.4) is 0 Å². The molecule has 1 atom stereocenters. The van der Waals surface area contributed by atoms with E-state index in [1.807, 2.05) is 38.1 Å². The van der Waals surface area contributed by atoms with Gasteiger partial charge < -0.3 is 19.5 Å². The average Bonchev–Trinajstić information content (AvgIpc) is 2.60. The van der Waals surface area contributed by atoms with Crippen molar-refractivity contribution in [2.75, 3.05) is 14.2 Å². The van der Waals surface area contributed by atoms with Crippen molar-refractivity contribution < 1.29 is 19.0 Å². The van der Waals surface area contributed by atoms with Gasteiger partial charge in [0.25, 0.3) is 5.91 Å². The Bertz CT molecular complexity index is 763. The maximum Gasteiger partial charge on any atom is 0.252 e. The summed E-state index contributed by atoms with van der Waals surface area (Å²) >= 11 is 0. The third-order valence-corrected chi connectivity index (χ3v) is 4.30. The van der Waals surface area contributed by atoms with Gasteiger partial charge in [-0.2, -0.15) is 0 Å². The largest absolute Gasteiger partial charge is 0.497 e. The molecular formula is C20H23NO4. The molecule has 1 amide bonds. The molecule has 2 aromatic carbocycles. The number of rotatable bonds is 4. The first-order chi connectivity index (χ1) is 11.9. The zero-order valence-electron chi connectivity index (χ0n) is 15.0. The minimum atomic E-state index is -0.349. The van der Waals surface area contributed by atoms with Crippen LogP contribution in [0.25, 0.3) is 0 Å². The second kappa shape index (κ2) is 6.67. The van der Waals surface area contributed by atoms with Crippen LogP contribution in [-0.4, -0.2) is 25.7 Å². The Morgan fingerprint density at radius 2 is 1.76 bits per heavy atom. The molecule has 0 aliphatic carbocycles. The summed E-state index contributed by atoms with van der Waals surface area (Å²) in [5, 5.41) is 3.12. The monoisotopic (exact) mass is 341 g/mol. The van der Waals surface area contributed by atoms with Crippen molar-refractivity contribution in [2.45, 2.75) is 31.9 Å². The lowest BCUT2D eigenvalue weighted by molar-refractivity contribution is 0.0619. The van der Waals surface area contributed by atoms with Crippen molar-refractivity contribution in [2.24, 2.45) is 0 Å². The molecule has 0 fully saturated rings. The van der Waals surface area contributed by atoms with Crippen LogP contribution >= 0.6 is 0 Å². The second-order valence-corrected chi connectivity index (χ2v) is 6.73. The van der Waals surface area contributed by atoms with Gasteiger partial charge in [0.2, 0.25) is 0 Å². The van der Waals surface area contributed by atoms with Crippen molar-refractivity contribution >= 4 is 5.91 Å². The molecule has 0 saturated carbocycles. The molecule has 25 heavy (non-hydrogen) atoms. The number of hydrogen-bond acceptors (Lipinski definition) is 4. The van der Waals surface area contributed by atoms with E-state index >= 15 is 0 Å². The maximum atomic E-state index is 12.8. The normalized spacial score (nSPS) is 17.8. The zero-order chi connectivity index (χ0) is 18.0. The predicted molar refractivity (Wildman–Crippen MR) is 95.5 cm³/mol. The van der Waals surface area contributed by atoms with Gasteiger partial charge in [-0.1, -0.05) is 18.2 Å². The van der Waals surface area contributed by atoms with Gasteiger partial charge in [-0.3, -0.25) is 4.79 Å². The maximum absolute atomic E-state index is 12.8. The minimum Gasteiger partial charge on any atom is -0.497 e. The van der Waals surface area contributed by atoms with Crippen LogP contribution in [-0.2, 0) is 0 Å². The number of fused-ring (bicyclic) bond motifs is 1. The van der Waals surface area contributed by atoms with E-state index in [4.69, 9.17) is 14.2 Å². The highest BCUT2D eigenvalue weighted by Crippen LogP contribution is 2.39. The van der Waals surface area contributed by atoms with Crippen LogP contribution in [0.1, 0.15) is 42.2 Å². The number of nitrogens with one attached hydrogen (secondary N) is 1. The van der Waals surface area contributed by atoms with Crippen molar-refractivity contribution in [3.63, 3.8) is 0 Å². The smallest absolute Gasteiger partial charge is 0.252 e. The molecule has 1 aliphatic rings. The van der Waals surface area contributed by atoms with Gasteiger partial charge >= 0.3 is 0 Å². The number of carbonyl (C=O) groups is 1. The van der Waals surface area contributed by atoms with Gasteiger partial charge in [0.1, 0.15) is 22.8 Å². The lowest BCUT2D eigenvalue weighted by Gasteiger charge is -2.37. The fourth-order valence-electron chi connectivity index (χ4n) is 3.11. The molecule has 1 unspecified atom stereocenters. The van der Waals surface area contributed by atoms with Crippen LogP contribution in [0.15, 0.2) is 42.5 Å². The molecule has 1 N–H and O–H groups in total.